The summed E-state index contributed by atoms with van der Waals surface area (Å²) in [6.07, 6.45) is 2.52. The van der Waals surface area contributed by atoms with Gasteiger partial charge in [-0.3, -0.25) is 9.89 Å². The summed E-state index contributed by atoms with van der Waals surface area (Å²) in [4.78, 5) is 8.90. The fraction of sp³-hybridized carbons (Fsp3) is 0.737. The van der Waals surface area contributed by atoms with Gasteiger partial charge in [0.2, 0.25) is 0 Å². The lowest BCUT2D eigenvalue weighted by atomic mass is 9.97. The molecule has 1 unspecified atom stereocenters. The number of piperidine rings is 1. The Bertz CT molecular complexity index is 482. The zero-order valence-electron chi connectivity index (χ0n) is 16.1. The van der Waals surface area contributed by atoms with E-state index in [0.717, 1.165) is 31.5 Å². The summed E-state index contributed by atoms with van der Waals surface area (Å²) in [5.74, 6) is 2.29. The molecule has 0 aliphatic carbocycles. The Labute approximate surface area is 174 Å². The second kappa shape index (κ2) is 12.1. The van der Waals surface area contributed by atoms with E-state index in [1.807, 2.05) is 11.3 Å². The van der Waals surface area contributed by atoms with Crippen LogP contribution in [-0.4, -0.2) is 43.1 Å². The van der Waals surface area contributed by atoms with Crippen molar-refractivity contribution in [2.45, 2.75) is 53.1 Å². The van der Waals surface area contributed by atoms with Gasteiger partial charge in [0.15, 0.2) is 5.96 Å². The number of guanidine groups is 1. The summed E-state index contributed by atoms with van der Waals surface area (Å²) >= 11 is 1.86. The molecule has 4 nitrogen and oxygen atoms in total. The van der Waals surface area contributed by atoms with Gasteiger partial charge in [0.25, 0.3) is 0 Å². The molecule has 0 amide bonds. The molecule has 0 saturated carbocycles. The highest BCUT2D eigenvalue weighted by Crippen LogP contribution is 2.20. The van der Waals surface area contributed by atoms with Crippen LogP contribution in [0, 0.1) is 11.8 Å². The lowest BCUT2D eigenvalue weighted by Gasteiger charge is -2.31. The van der Waals surface area contributed by atoms with E-state index in [1.165, 1.54) is 30.8 Å². The van der Waals surface area contributed by atoms with Crippen LogP contribution >= 0.6 is 35.3 Å². The largest absolute Gasteiger partial charge is 0.357 e. The lowest BCUT2D eigenvalue weighted by molar-refractivity contribution is 0.182. The smallest absolute Gasteiger partial charge is 0.191 e. The number of hydrogen-bond donors (Lipinski definition) is 2. The molecule has 6 heteroatoms. The molecule has 144 valence electrons. The molecular weight excluding hydrogens is 443 g/mol. The van der Waals surface area contributed by atoms with Gasteiger partial charge in [0.05, 0.1) is 0 Å². The van der Waals surface area contributed by atoms with Crippen LogP contribution in [0.4, 0.5) is 0 Å². The molecule has 1 aromatic rings. The van der Waals surface area contributed by atoms with E-state index < -0.39 is 0 Å². The third-order valence-corrected chi connectivity index (χ3v) is 5.74. The fourth-order valence-corrected chi connectivity index (χ4v) is 3.62. The van der Waals surface area contributed by atoms with E-state index in [-0.39, 0.29) is 24.0 Å². The van der Waals surface area contributed by atoms with E-state index in [4.69, 9.17) is 4.99 Å². The van der Waals surface area contributed by atoms with Crippen LogP contribution < -0.4 is 10.6 Å². The summed E-state index contributed by atoms with van der Waals surface area (Å²) in [5.41, 5.74) is 0. The molecule has 0 radical (unpaired) electrons. The second-order valence-electron chi connectivity index (χ2n) is 7.20. The van der Waals surface area contributed by atoms with E-state index in [0.29, 0.717) is 12.0 Å². The van der Waals surface area contributed by atoms with Crippen LogP contribution in [0.15, 0.2) is 22.5 Å². The molecule has 1 aromatic heterocycles. The van der Waals surface area contributed by atoms with Crippen molar-refractivity contribution in [1.82, 2.24) is 15.5 Å². The number of halogens is 1. The Morgan fingerprint density at radius 2 is 2.04 bits per heavy atom. The highest BCUT2D eigenvalue weighted by molar-refractivity contribution is 14.0. The van der Waals surface area contributed by atoms with Crippen molar-refractivity contribution in [1.29, 1.82) is 0 Å². The zero-order valence-corrected chi connectivity index (χ0v) is 19.3. The Balaban J connectivity index is 0.00000312. The summed E-state index contributed by atoms with van der Waals surface area (Å²) in [7, 11) is 0. The molecular formula is C19H35IN4S. The van der Waals surface area contributed by atoms with E-state index in [9.17, 15) is 0 Å². The predicted octanol–water partition coefficient (Wildman–Crippen LogP) is 4.18. The molecule has 2 heterocycles. The van der Waals surface area contributed by atoms with Crippen LogP contribution in [0.1, 0.15) is 45.4 Å². The molecule has 25 heavy (non-hydrogen) atoms. The van der Waals surface area contributed by atoms with Gasteiger partial charge >= 0.3 is 0 Å². The molecule has 1 atom stereocenters. The van der Waals surface area contributed by atoms with Gasteiger partial charge in [0, 0.05) is 30.6 Å². The third kappa shape index (κ3) is 8.26. The monoisotopic (exact) mass is 478 g/mol. The van der Waals surface area contributed by atoms with Crippen molar-refractivity contribution in [3.8, 4) is 0 Å². The minimum Gasteiger partial charge on any atom is -0.357 e. The van der Waals surface area contributed by atoms with Gasteiger partial charge in [-0.1, -0.05) is 19.9 Å². The van der Waals surface area contributed by atoms with Crippen molar-refractivity contribution in [3.05, 3.63) is 22.4 Å². The van der Waals surface area contributed by atoms with Crippen LogP contribution in [0.5, 0.6) is 0 Å². The fourth-order valence-electron chi connectivity index (χ4n) is 2.87. The third-order valence-electron chi connectivity index (χ3n) is 4.88. The minimum absolute atomic E-state index is 0. The molecule has 1 fully saturated rings. The normalized spacial score (nSPS) is 18.0. The van der Waals surface area contributed by atoms with E-state index in [2.05, 4.69) is 60.7 Å². The van der Waals surface area contributed by atoms with Gasteiger partial charge < -0.3 is 10.6 Å². The van der Waals surface area contributed by atoms with Crippen molar-refractivity contribution in [2.75, 3.05) is 26.2 Å². The standard InChI is InChI=1S/C19H34N4S.HI/c1-5-20-19(22-16(4)15(2)3)21-13-17-8-10-23(11-9-17)14-18-7-6-12-24-18;/h6-7,12,15-17H,5,8-11,13-14H2,1-4H3,(H2,20,21,22);1H. The van der Waals surface area contributed by atoms with Crippen molar-refractivity contribution >= 4 is 41.3 Å². The Hall–Kier alpha value is -0.340. The topological polar surface area (TPSA) is 39.7 Å². The first kappa shape index (κ1) is 22.7. The van der Waals surface area contributed by atoms with Crippen LogP contribution in [-0.2, 0) is 6.54 Å². The first-order valence-corrected chi connectivity index (χ1v) is 10.3. The van der Waals surface area contributed by atoms with Gasteiger partial charge in [-0.05, 0) is 63.1 Å². The van der Waals surface area contributed by atoms with Crippen LogP contribution in [0.3, 0.4) is 0 Å². The SMILES string of the molecule is CCNC(=NCC1CCN(Cc2cccs2)CC1)NC(C)C(C)C.I. The van der Waals surface area contributed by atoms with Crippen molar-refractivity contribution < 1.29 is 0 Å². The van der Waals surface area contributed by atoms with Gasteiger partial charge in [-0.25, -0.2) is 0 Å². The molecule has 1 aliphatic rings. The highest BCUT2D eigenvalue weighted by atomic mass is 127. The summed E-state index contributed by atoms with van der Waals surface area (Å²) < 4.78 is 0. The number of rotatable bonds is 7. The van der Waals surface area contributed by atoms with Crippen molar-refractivity contribution in [2.24, 2.45) is 16.8 Å². The number of nitrogens with one attached hydrogen (secondary N) is 2. The van der Waals surface area contributed by atoms with Crippen LogP contribution in [0.25, 0.3) is 0 Å². The predicted molar refractivity (Wildman–Crippen MR) is 121 cm³/mol. The van der Waals surface area contributed by atoms with E-state index >= 15 is 0 Å². The number of hydrogen-bond acceptors (Lipinski definition) is 3. The summed E-state index contributed by atoms with van der Waals surface area (Å²) in [6, 6.07) is 4.83. The van der Waals surface area contributed by atoms with E-state index in [1.54, 1.807) is 0 Å². The Morgan fingerprint density at radius 1 is 1.32 bits per heavy atom. The molecule has 0 spiro atoms. The highest BCUT2D eigenvalue weighted by Gasteiger charge is 2.19. The molecule has 0 aromatic carbocycles. The second-order valence-corrected chi connectivity index (χ2v) is 8.23. The first-order valence-electron chi connectivity index (χ1n) is 9.38. The number of aliphatic imine (C=N–C) groups is 1. The average molecular weight is 478 g/mol. The number of nitrogens with zero attached hydrogens (tertiary/aromatic N) is 2. The molecule has 2 N–H and O–H groups in total. The minimum atomic E-state index is 0. The lowest BCUT2D eigenvalue weighted by Crippen LogP contribution is -2.44. The van der Waals surface area contributed by atoms with Gasteiger partial charge in [-0.15, -0.1) is 35.3 Å². The maximum absolute atomic E-state index is 4.84. The molecule has 2 rings (SSSR count). The number of thiophene rings is 1. The maximum Gasteiger partial charge on any atom is 0.191 e. The zero-order chi connectivity index (χ0) is 17.4. The summed E-state index contributed by atoms with van der Waals surface area (Å²) in [6.45, 7) is 14.2. The summed E-state index contributed by atoms with van der Waals surface area (Å²) in [5, 5.41) is 9.07. The average Bonchev–Trinajstić information content (AvgIpc) is 3.07. The Morgan fingerprint density at radius 3 is 2.60 bits per heavy atom. The van der Waals surface area contributed by atoms with Gasteiger partial charge in [0.1, 0.15) is 0 Å². The first-order chi connectivity index (χ1) is 11.6. The van der Waals surface area contributed by atoms with Gasteiger partial charge in [-0.2, -0.15) is 0 Å². The molecule has 1 saturated heterocycles. The maximum atomic E-state index is 4.84. The quantitative estimate of drug-likeness (QED) is 0.351. The van der Waals surface area contributed by atoms with Crippen LogP contribution in [0.2, 0.25) is 0 Å². The molecule has 0 bridgehead atoms. The van der Waals surface area contributed by atoms with Crippen molar-refractivity contribution in [3.63, 3.8) is 0 Å². The number of likely N-dealkylation sites (tertiary alicyclic amines) is 1. The molecule has 1 aliphatic heterocycles. The Kier molecular flexibility index (Phi) is 11.0.